The van der Waals surface area contributed by atoms with Gasteiger partial charge in [-0.3, -0.25) is 0 Å². The van der Waals surface area contributed by atoms with Gasteiger partial charge >= 0.3 is 0 Å². The van der Waals surface area contributed by atoms with Gasteiger partial charge in [-0.2, -0.15) is 0 Å². The van der Waals surface area contributed by atoms with Gasteiger partial charge in [-0.15, -0.1) is 0 Å². The summed E-state index contributed by atoms with van der Waals surface area (Å²) in [6, 6.07) is 24.0. The molecular weight excluding hydrogens is 330 g/mol. The second kappa shape index (κ2) is 7.98. The minimum absolute atomic E-state index is 0.243. The van der Waals surface area contributed by atoms with Gasteiger partial charge in [-0.25, -0.2) is 0 Å². The molecule has 27 heavy (non-hydrogen) atoms. The van der Waals surface area contributed by atoms with Gasteiger partial charge in [0.25, 0.3) is 0 Å². The Morgan fingerprint density at radius 3 is 2.04 bits per heavy atom. The lowest BCUT2D eigenvalue weighted by molar-refractivity contribution is 0.451. The summed E-state index contributed by atoms with van der Waals surface area (Å²) in [6.07, 6.45) is 3.78. The van der Waals surface area contributed by atoms with E-state index in [0.717, 1.165) is 36.8 Å². The predicted octanol–water partition coefficient (Wildman–Crippen LogP) is 5.13. The third kappa shape index (κ3) is 4.06. The van der Waals surface area contributed by atoms with Crippen LogP contribution in [0.4, 0.5) is 0 Å². The number of hydrogen-bond acceptors (Lipinski definition) is 2. The number of aromatic hydroxyl groups is 1. The van der Waals surface area contributed by atoms with Crippen LogP contribution >= 0.6 is 0 Å². The highest BCUT2D eigenvalue weighted by molar-refractivity contribution is 5.47. The predicted molar refractivity (Wildman–Crippen MR) is 111 cm³/mol. The van der Waals surface area contributed by atoms with E-state index in [4.69, 9.17) is 0 Å². The van der Waals surface area contributed by atoms with Crippen molar-refractivity contribution in [2.75, 3.05) is 0 Å². The molecule has 138 valence electrons. The third-order valence-corrected chi connectivity index (χ3v) is 5.74. The maximum atomic E-state index is 11.0. The molecule has 0 saturated carbocycles. The molecule has 0 radical (unpaired) electrons. The molecule has 0 heterocycles. The van der Waals surface area contributed by atoms with Crippen LogP contribution in [0.15, 0.2) is 66.7 Å². The highest BCUT2D eigenvalue weighted by Crippen LogP contribution is 2.30. The first-order valence-electron chi connectivity index (χ1n) is 9.89. The van der Waals surface area contributed by atoms with Crippen molar-refractivity contribution >= 4 is 0 Å². The average Bonchev–Trinajstić information content (AvgIpc) is 2.70. The Kier molecular flexibility index (Phi) is 5.26. The van der Waals surface area contributed by atoms with Crippen molar-refractivity contribution in [2.24, 2.45) is 0 Å². The molecule has 7 rings (SSSR count). The van der Waals surface area contributed by atoms with Crippen molar-refractivity contribution in [3.05, 3.63) is 100 Å². The zero-order chi connectivity index (χ0) is 18.6. The maximum absolute atomic E-state index is 11.0. The first-order valence-corrected chi connectivity index (χ1v) is 9.89. The quantitative estimate of drug-likeness (QED) is 0.679. The molecule has 0 fully saturated rings. The van der Waals surface area contributed by atoms with Gasteiger partial charge in [0.2, 0.25) is 0 Å². The largest absolute Gasteiger partial charge is 0.507 e. The minimum atomic E-state index is 0.243. The van der Waals surface area contributed by atoms with Crippen LogP contribution in [-0.2, 0) is 32.2 Å². The normalized spacial score (nSPS) is 14.6. The lowest BCUT2D eigenvalue weighted by atomic mass is 9.92. The number of aryl methyl sites for hydroxylation is 4. The van der Waals surface area contributed by atoms with Crippen LogP contribution in [0.3, 0.4) is 0 Å². The second-order valence-electron chi connectivity index (χ2n) is 7.54. The van der Waals surface area contributed by atoms with Gasteiger partial charge in [0.15, 0.2) is 0 Å². The van der Waals surface area contributed by atoms with Gasteiger partial charge in [-0.05, 0) is 60.4 Å². The summed E-state index contributed by atoms with van der Waals surface area (Å²) in [6.45, 7) is 2.86. The van der Waals surface area contributed by atoms with Crippen LogP contribution in [-0.4, -0.2) is 5.11 Å². The molecule has 0 spiro atoms. The van der Waals surface area contributed by atoms with E-state index in [2.05, 4.69) is 72.9 Å². The molecule has 4 aliphatic carbocycles. The van der Waals surface area contributed by atoms with Gasteiger partial charge < -0.3 is 10.4 Å². The van der Waals surface area contributed by atoms with Crippen LogP contribution in [0.1, 0.15) is 46.3 Å². The molecule has 4 bridgehead atoms. The molecule has 2 N–H and O–H groups in total. The fraction of sp³-hybridized carbons (Fsp3) is 0.280. The Morgan fingerprint density at radius 1 is 0.778 bits per heavy atom. The molecule has 0 aromatic heterocycles. The molecular formula is C25H27NO. The number of nitrogens with one attached hydrogen (secondary N) is 1. The lowest BCUT2D eigenvalue weighted by Gasteiger charge is -2.20. The topological polar surface area (TPSA) is 32.3 Å². The summed E-state index contributed by atoms with van der Waals surface area (Å²) in [5, 5.41) is 14.6. The van der Waals surface area contributed by atoms with E-state index in [9.17, 15) is 5.11 Å². The number of rotatable bonds is 4. The van der Waals surface area contributed by atoms with Gasteiger partial charge in [0.1, 0.15) is 5.75 Å². The van der Waals surface area contributed by atoms with E-state index in [1.165, 1.54) is 22.3 Å². The van der Waals surface area contributed by atoms with Crippen LogP contribution in [0, 0.1) is 0 Å². The monoisotopic (exact) mass is 357 g/mol. The maximum Gasteiger partial charge on any atom is 0.123 e. The fourth-order valence-corrected chi connectivity index (χ4v) is 3.91. The second-order valence-corrected chi connectivity index (χ2v) is 7.54. The number of hydrogen-bond donors (Lipinski definition) is 2. The van der Waals surface area contributed by atoms with Gasteiger partial charge in [0, 0.05) is 18.2 Å². The van der Waals surface area contributed by atoms with E-state index in [1.807, 2.05) is 6.07 Å². The lowest BCUT2D eigenvalue weighted by Crippen LogP contribution is -2.19. The molecule has 3 aromatic rings. The van der Waals surface area contributed by atoms with Gasteiger partial charge in [0.05, 0.1) is 0 Å². The summed E-state index contributed by atoms with van der Waals surface area (Å²) in [5.74, 6) is 0.482. The molecule has 4 aliphatic rings. The summed E-state index contributed by atoms with van der Waals surface area (Å²) in [7, 11) is 0. The molecule has 2 nitrogen and oxygen atoms in total. The minimum Gasteiger partial charge on any atom is -0.507 e. The third-order valence-electron chi connectivity index (χ3n) is 5.74. The zero-order valence-corrected chi connectivity index (χ0v) is 15.9. The Balaban J connectivity index is 1.59. The van der Waals surface area contributed by atoms with Crippen molar-refractivity contribution in [1.82, 2.24) is 5.32 Å². The van der Waals surface area contributed by atoms with Crippen LogP contribution in [0.5, 0.6) is 5.75 Å². The van der Waals surface area contributed by atoms with E-state index in [1.54, 1.807) is 0 Å². The van der Waals surface area contributed by atoms with E-state index >= 15 is 0 Å². The van der Waals surface area contributed by atoms with E-state index < -0.39 is 0 Å². The number of phenols is 1. The van der Waals surface area contributed by atoms with Crippen molar-refractivity contribution in [3.63, 3.8) is 0 Å². The Labute approximate surface area is 161 Å². The van der Waals surface area contributed by atoms with Crippen molar-refractivity contribution in [2.45, 2.75) is 45.2 Å². The first kappa shape index (κ1) is 17.8. The Morgan fingerprint density at radius 2 is 1.37 bits per heavy atom. The summed E-state index contributed by atoms with van der Waals surface area (Å²) in [5.41, 5.74) is 7.31. The molecule has 1 atom stereocenters. The van der Waals surface area contributed by atoms with Gasteiger partial charge in [-0.1, -0.05) is 66.7 Å². The zero-order valence-electron chi connectivity index (χ0n) is 15.9. The summed E-state index contributed by atoms with van der Waals surface area (Å²) < 4.78 is 0. The Bertz CT molecular complexity index is 900. The molecule has 3 aromatic carbocycles. The number of phenolic OH excluding ortho intramolecular Hbond substituents is 1. The van der Waals surface area contributed by atoms with Crippen LogP contribution in [0.2, 0.25) is 0 Å². The molecule has 0 amide bonds. The summed E-state index contributed by atoms with van der Waals surface area (Å²) in [4.78, 5) is 0. The molecule has 0 saturated heterocycles. The highest BCUT2D eigenvalue weighted by atomic mass is 16.3. The van der Waals surface area contributed by atoms with Crippen LogP contribution in [0.25, 0.3) is 0 Å². The van der Waals surface area contributed by atoms with Crippen molar-refractivity contribution < 1.29 is 5.11 Å². The summed E-state index contributed by atoms with van der Waals surface area (Å²) >= 11 is 0. The average molecular weight is 357 g/mol. The Hall–Kier alpha value is -2.58. The van der Waals surface area contributed by atoms with Crippen molar-refractivity contribution in [1.29, 1.82) is 0 Å². The van der Waals surface area contributed by atoms with E-state index in [-0.39, 0.29) is 6.04 Å². The van der Waals surface area contributed by atoms with E-state index in [0.29, 0.717) is 12.3 Å². The van der Waals surface area contributed by atoms with Crippen molar-refractivity contribution in [3.8, 4) is 5.75 Å². The fourth-order valence-electron chi connectivity index (χ4n) is 3.91. The molecule has 0 unspecified atom stereocenters. The van der Waals surface area contributed by atoms with Crippen LogP contribution < -0.4 is 5.32 Å². The molecule has 0 aliphatic heterocycles. The highest BCUT2D eigenvalue weighted by Gasteiger charge is 2.15. The first-order chi connectivity index (χ1) is 13.2. The standard InChI is InChI=1S/C25H27NO/c1-18(21-5-3-2-4-6-21)26-17-24-22-13-11-19-7-9-20(10-8-19)12-14-23(16-15-22)25(24)27/h2-10,15-16,18,26-27H,11-14,17H2,1H3/t18-/m0/s1. The SMILES string of the molecule is C[C@H](NCc1c2ccc(c1O)CCc1ccc(cc1)CC2)c1ccccc1. The molecule has 2 heteroatoms. The smallest absolute Gasteiger partial charge is 0.123 e. The number of benzene rings is 3.